The first-order chi connectivity index (χ1) is 8.58. The monoisotopic (exact) mass is 250 g/mol. The third-order valence-electron chi connectivity index (χ3n) is 4.08. The quantitative estimate of drug-likeness (QED) is 0.893. The van der Waals surface area contributed by atoms with Gasteiger partial charge in [0.2, 0.25) is 0 Å². The van der Waals surface area contributed by atoms with Gasteiger partial charge in [0.1, 0.15) is 5.82 Å². The van der Waals surface area contributed by atoms with E-state index in [1.165, 1.54) is 31.4 Å². The second-order valence-electron chi connectivity index (χ2n) is 5.48. The first-order valence-electron chi connectivity index (χ1n) is 6.84. The van der Waals surface area contributed by atoms with Crippen molar-refractivity contribution in [1.29, 1.82) is 0 Å². The highest BCUT2D eigenvalue weighted by molar-refractivity contribution is 5.20. The minimum Gasteiger partial charge on any atom is -0.323 e. The lowest BCUT2D eigenvalue weighted by atomic mass is 9.96. The van der Waals surface area contributed by atoms with Crippen molar-refractivity contribution < 1.29 is 4.39 Å². The number of benzene rings is 1. The Morgan fingerprint density at radius 1 is 1.22 bits per heavy atom. The summed E-state index contributed by atoms with van der Waals surface area (Å²) in [6.07, 6.45) is 3.81. The van der Waals surface area contributed by atoms with E-state index in [2.05, 4.69) is 18.7 Å². The molecule has 0 saturated carbocycles. The van der Waals surface area contributed by atoms with Gasteiger partial charge in [-0.2, -0.15) is 0 Å². The zero-order chi connectivity index (χ0) is 13.1. The summed E-state index contributed by atoms with van der Waals surface area (Å²) in [7, 11) is 0. The largest absolute Gasteiger partial charge is 0.323 e. The van der Waals surface area contributed by atoms with Gasteiger partial charge in [0, 0.05) is 24.7 Å². The van der Waals surface area contributed by atoms with Crippen molar-refractivity contribution in [1.82, 2.24) is 4.90 Å². The molecule has 0 aliphatic carbocycles. The molecule has 2 rings (SSSR count). The van der Waals surface area contributed by atoms with Crippen LogP contribution < -0.4 is 5.73 Å². The molecule has 100 valence electrons. The predicted octanol–water partition coefficient (Wildman–Crippen LogP) is 3.09. The number of hydrogen-bond acceptors (Lipinski definition) is 2. The molecule has 1 aliphatic heterocycles. The number of rotatable bonds is 3. The fourth-order valence-electron chi connectivity index (χ4n) is 2.88. The molecule has 0 radical (unpaired) electrons. The van der Waals surface area contributed by atoms with Gasteiger partial charge in [-0.1, -0.05) is 18.6 Å². The van der Waals surface area contributed by atoms with E-state index >= 15 is 0 Å². The molecule has 2 nitrogen and oxygen atoms in total. The summed E-state index contributed by atoms with van der Waals surface area (Å²) in [6.45, 7) is 5.40. The summed E-state index contributed by atoms with van der Waals surface area (Å²) in [6, 6.07) is 7.71. The zero-order valence-electron chi connectivity index (χ0n) is 11.3. The van der Waals surface area contributed by atoms with E-state index in [9.17, 15) is 4.39 Å². The lowest BCUT2D eigenvalue weighted by molar-refractivity contribution is 0.0961. The highest BCUT2D eigenvalue weighted by atomic mass is 19.1. The molecule has 3 heteroatoms. The maximum Gasteiger partial charge on any atom is 0.123 e. The topological polar surface area (TPSA) is 29.3 Å². The minimum absolute atomic E-state index is 0.0337. The van der Waals surface area contributed by atoms with E-state index in [1.807, 2.05) is 0 Å². The molecule has 2 N–H and O–H groups in total. The van der Waals surface area contributed by atoms with Crippen molar-refractivity contribution in [2.75, 3.05) is 6.54 Å². The van der Waals surface area contributed by atoms with E-state index in [1.54, 1.807) is 12.1 Å². The fraction of sp³-hybridized carbons (Fsp3) is 0.600. The van der Waals surface area contributed by atoms with Crippen LogP contribution in [-0.4, -0.2) is 23.5 Å². The summed E-state index contributed by atoms with van der Waals surface area (Å²) in [5, 5.41) is 0. The van der Waals surface area contributed by atoms with Gasteiger partial charge < -0.3 is 5.73 Å². The maximum atomic E-state index is 12.9. The molecular weight excluding hydrogens is 227 g/mol. The van der Waals surface area contributed by atoms with Gasteiger partial charge in [0.25, 0.3) is 0 Å². The second kappa shape index (κ2) is 5.81. The van der Waals surface area contributed by atoms with Gasteiger partial charge in [0.05, 0.1) is 0 Å². The first-order valence-corrected chi connectivity index (χ1v) is 6.84. The van der Waals surface area contributed by atoms with E-state index in [-0.39, 0.29) is 11.9 Å². The van der Waals surface area contributed by atoms with Gasteiger partial charge in [-0.15, -0.1) is 0 Å². The van der Waals surface area contributed by atoms with E-state index in [0.717, 1.165) is 12.1 Å². The molecule has 18 heavy (non-hydrogen) atoms. The van der Waals surface area contributed by atoms with Crippen LogP contribution in [0.15, 0.2) is 24.3 Å². The summed E-state index contributed by atoms with van der Waals surface area (Å²) >= 11 is 0. The zero-order valence-corrected chi connectivity index (χ0v) is 11.3. The molecular formula is C15H23FN2. The Hall–Kier alpha value is -0.930. The molecule has 0 amide bonds. The van der Waals surface area contributed by atoms with Crippen LogP contribution >= 0.6 is 0 Å². The van der Waals surface area contributed by atoms with Crippen molar-refractivity contribution in [3.05, 3.63) is 35.6 Å². The van der Waals surface area contributed by atoms with Crippen molar-refractivity contribution in [2.45, 2.75) is 51.2 Å². The van der Waals surface area contributed by atoms with Crippen molar-refractivity contribution in [2.24, 2.45) is 5.73 Å². The van der Waals surface area contributed by atoms with Crippen molar-refractivity contribution in [3.63, 3.8) is 0 Å². The van der Waals surface area contributed by atoms with E-state index < -0.39 is 0 Å². The Morgan fingerprint density at radius 3 is 2.33 bits per heavy atom. The van der Waals surface area contributed by atoms with Gasteiger partial charge in [-0.25, -0.2) is 4.39 Å². The molecule has 0 spiro atoms. The van der Waals surface area contributed by atoms with Gasteiger partial charge in [0.15, 0.2) is 0 Å². The first kappa shape index (κ1) is 13.5. The third kappa shape index (κ3) is 3.09. The van der Waals surface area contributed by atoms with Crippen LogP contribution in [0.1, 0.15) is 44.7 Å². The van der Waals surface area contributed by atoms with Crippen LogP contribution in [0.3, 0.4) is 0 Å². The van der Waals surface area contributed by atoms with E-state index in [4.69, 9.17) is 5.73 Å². The van der Waals surface area contributed by atoms with Crippen LogP contribution in [0.5, 0.6) is 0 Å². The molecule has 1 aromatic carbocycles. The maximum absolute atomic E-state index is 12.9. The highest BCUT2D eigenvalue weighted by Crippen LogP contribution is 2.24. The summed E-state index contributed by atoms with van der Waals surface area (Å²) in [5.74, 6) is -0.203. The predicted molar refractivity (Wildman–Crippen MR) is 72.8 cm³/mol. The third-order valence-corrected chi connectivity index (χ3v) is 4.08. The number of piperidine rings is 1. The Labute approximate surface area is 109 Å². The average molecular weight is 250 g/mol. The SMILES string of the molecule is CC1CCCC(C)N1CC(N)c1ccc(F)cc1. The lowest BCUT2D eigenvalue weighted by Crippen LogP contribution is -2.46. The number of halogens is 1. The van der Waals surface area contributed by atoms with Crippen molar-refractivity contribution in [3.8, 4) is 0 Å². The molecule has 0 aromatic heterocycles. The summed E-state index contributed by atoms with van der Waals surface area (Å²) in [4.78, 5) is 2.48. The molecule has 1 fully saturated rings. The molecule has 1 aliphatic rings. The molecule has 0 bridgehead atoms. The normalized spacial score (nSPS) is 27.1. The number of nitrogens with zero attached hydrogens (tertiary/aromatic N) is 1. The number of likely N-dealkylation sites (tertiary alicyclic amines) is 1. The lowest BCUT2D eigenvalue weighted by Gasteiger charge is -2.40. The standard InChI is InChI=1S/C15H23FN2/c1-11-4-3-5-12(2)18(11)10-15(17)13-6-8-14(16)9-7-13/h6-9,11-12,15H,3-5,10,17H2,1-2H3. The smallest absolute Gasteiger partial charge is 0.123 e. The van der Waals surface area contributed by atoms with Crippen LogP contribution in [0.4, 0.5) is 4.39 Å². The summed E-state index contributed by atoms with van der Waals surface area (Å²) < 4.78 is 12.9. The Kier molecular flexibility index (Phi) is 4.36. The van der Waals surface area contributed by atoms with Gasteiger partial charge in [-0.05, 0) is 44.4 Å². The van der Waals surface area contributed by atoms with Crippen LogP contribution in [0, 0.1) is 5.82 Å². The summed E-state index contributed by atoms with van der Waals surface area (Å²) in [5.41, 5.74) is 7.25. The van der Waals surface area contributed by atoms with E-state index in [0.29, 0.717) is 12.1 Å². The van der Waals surface area contributed by atoms with Crippen LogP contribution in [0.25, 0.3) is 0 Å². The Bertz CT molecular complexity index is 367. The number of nitrogens with two attached hydrogens (primary N) is 1. The van der Waals surface area contributed by atoms with Gasteiger partial charge in [-0.3, -0.25) is 4.90 Å². The molecule has 1 heterocycles. The highest BCUT2D eigenvalue weighted by Gasteiger charge is 2.26. The Morgan fingerprint density at radius 2 is 1.78 bits per heavy atom. The van der Waals surface area contributed by atoms with Gasteiger partial charge >= 0.3 is 0 Å². The van der Waals surface area contributed by atoms with Crippen LogP contribution in [-0.2, 0) is 0 Å². The Balaban J connectivity index is 2.01. The number of hydrogen-bond donors (Lipinski definition) is 1. The molecule has 3 unspecified atom stereocenters. The molecule has 3 atom stereocenters. The molecule has 1 saturated heterocycles. The van der Waals surface area contributed by atoms with Crippen LogP contribution in [0.2, 0.25) is 0 Å². The fourth-order valence-corrected chi connectivity index (χ4v) is 2.88. The van der Waals surface area contributed by atoms with Crippen molar-refractivity contribution >= 4 is 0 Å². The second-order valence-corrected chi connectivity index (χ2v) is 5.48. The molecule has 1 aromatic rings. The average Bonchev–Trinajstić information content (AvgIpc) is 2.34. The minimum atomic E-state index is -0.203.